The maximum Gasteiger partial charge on any atom is 0.220 e. The van der Waals surface area contributed by atoms with Gasteiger partial charge in [-0.15, -0.1) is 0 Å². The Labute approximate surface area is 115 Å². The molecule has 0 spiro atoms. The van der Waals surface area contributed by atoms with E-state index in [1.54, 1.807) is 0 Å². The van der Waals surface area contributed by atoms with Gasteiger partial charge in [-0.05, 0) is 57.9 Å². The second kappa shape index (κ2) is 6.89. The summed E-state index contributed by atoms with van der Waals surface area (Å²) in [6, 6.07) is 0. The number of hydrogen-bond donors (Lipinski definition) is 3. The van der Waals surface area contributed by atoms with Crippen molar-refractivity contribution >= 4 is 11.8 Å². The second-order valence-electron chi connectivity index (χ2n) is 6.40. The van der Waals surface area contributed by atoms with Crippen LogP contribution in [-0.4, -0.2) is 23.9 Å². The maximum atomic E-state index is 12.0. The lowest BCUT2D eigenvalue weighted by Gasteiger charge is -2.29. The van der Waals surface area contributed by atoms with Gasteiger partial charge in [-0.25, -0.2) is 0 Å². The molecule has 5 heteroatoms. The van der Waals surface area contributed by atoms with Crippen LogP contribution >= 0.6 is 0 Å². The van der Waals surface area contributed by atoms with Crippen molar-refractivity contribution in [2.45, 2.75) is 57.9 Å². The van der Waals surface area contributed by atoms with E-state index in [4.69, 9.17) is 11.5 Å². The van der Waals surface area contributed by atoms with Crippen molar-refractivity contribution in [3.63, 3.8) is 0 Å². The minimum absolute atomic E-state index is 0.0162. The van der Waals surface area contributed by atoms with Gasteiger partial charge in [-0.3, -0.25) is 9.59 Å². The molecule has 0 aromatic carbocycles. The van der Waals surface area contributed by atoms with Gasteiger partial charge < -0.3 is 16.8 Å². The van der Waals surface area contributed by atoms with Crippen LogP contribution in [0, 0.1) is 11.8 Å². The molecule has 5 nitrogen and oxygen atoms in total. The Hall–Kier alpha value is -1.10. The van der Waals surface area contributed by atoms with E-state index >= 15 is 0 Å². The minimum atomic E-state index is -0.558. The first kappa shape index (κ1) is 16.0. The summed E-state index contributed by atoms with van der Waals surface area (Å²) in [6.45, 7) is 4.40. The predicted octanol–water partition coefficient (Wildman–Crippen LogP) is 0.912. The van der Waals surface area contributed by atoms with E-state index in [9.17, 15) is 9.59 Å². The second-order valence-corrected chi connectivity index (χ2v) is 6.40. The zero-order valence-electron chi connectivity index (χ0n) is 12.1. The van der Waals surface area contributed by atoms with Crippen LogP contribution in [0.25, 0.3) is 0 Å². The Balaban J connectivity index is 2.33. The quantitative estimate of drug-likeness (QED) is 0.668. The fourth-order valence-electron chi connectivity index (χ4n) is 2.84. The number of carbonyl (C=O) groups is 2. The fourth-order valence-corrected chi connectivity index (χ4v) is 2.84. The molecule has 0 radical (unpaired) electrons. The molecule has 1 rings (SSSR count). The number of nitrogens with two attached hydrogens (primary N) is 2. The molecule has 0 heterocycles. The first-order valence-electron chi connectivity index (χ1n) is 7.12. The average Bonchev–Trinajstić information content (AvgIpc) is 2.27. The highest BCUT2D eigenvalue weighted by molar-refractivity contribution is 5.79. The van der Waals surface area contributed by atoms with Gasteiger partial charge in [0, 0.05) is 18.4 Å². The van der Waals surface area contributed by atoms with Crippen molar-refractivity contribution in [2.75, 3.05) is 6.54 Å². The van der Waals surface area contributed by atoms with Gasteiger partial charge in [0.15, 0.2) is 0 Å². The molecule has 5 N–H and O–H groups in total. The Morgan fingerprint density at radius 1 is 1.16 bits per heavy atom. The van der Waals surface area contributed by atoms with E-state index < -0.39 is 11.4 Å². The van der Waals surface area contributed by atoms with Crippen LogP contribution in [0.15, 0.2) is 0 Å². The molecule has 2 amide bonds. The summed E-state index contributed by atoms with van der Waals surface area (Å²) in [5.41, 5.74) is 10.3. The Morgan fingerprint density at radius 2 is 1.68 bits per heavy atom. The van der Waals surface area contributed by atoms with E-state index in [2.05, 4.69) is 5.32 Å². The van der Waals surface area contributed by atoms with Gasteiger partial charge in [0.05, 0.1) is 0 Å². The van der Waals surface area contributed by atoms with Crippen LogP contribution < -0.4 is 16.8 Å². The van der Waals surface area contributed by atoms with Crippen LogP contribution in [0.4, 0.5) is 0 Å². The number of rotatable bonds is 6. The van der Waals surface area contributed by atoms with E-state index in [0.717, 1.165) is 32.2 Å². The lowest BCUT2D eigenvalue weighted by Crippen LogP contribution is -2.46. The van der Waals surface area contributed by atoms with Gasteiger partial charge >= 0.3 is 0 Å². The number of primary amides is 1. The molecular formula is C14H27N3O2. The molecule has 0 atom stereocenters. The Morgan fingerprint density at radius 3 is 2.16 bits per heavy atom. The summed E-state index contributed by atoms with van der Waals surface area (Å²) in [5, 5.41) is 2.90. The highest BCUT2D eigenvalue weighted by Crippen LogP contribution is 2.30. The van der Waals surface area contributed by atoms with Crippen molar-refractivity contribution < 1.29 is 9.59 Å². The molecule has 0 bridgehead atoms. The van der Waals surface area contributed by atoms with E-state index in [1.807, 2.05) is 13.8 Å². The molecule has 1 aliphatic rings. The molecule has 1 saturated carbocycles. The first-order valence-corrected chi connectivity index (χ1v) is 7.12. The Kier molecular flexibility index (Phi) is 5.79. The maximum absolute atomic E-state index is 12.0. The highest BCUT2D eigenvalue weighted by atomic mass is 16.2. The van der Waals surface area contributed by atoms with Crippen LogP contribution in [0.2, 0.25) is 0 Å². The lowest BCUT2D eigenvalue weighted by molar-refractivity contribution is -0.125. The fraction of sp³-hybridized carbons (Fsp3) is 0.857. The van der Waals surface area contributed by atoms with E-state index in [-0.39, 0.29) is 12.3 Å². The van der Waals surface area contributed by atoms with Crippen LogP contribution in [0.3, 0.4) is 0 Å². The zero-order chi connectivity index (χ0) is 14.5. The highest BCUT2D eigenvalue weighted by Gasteiger charge is 2.26. The third kappa shape index (κ3) is 6.05. The smallest absolute Gasteiger partial charge is 0.220 e. The molecule has 0 aromatic heterocycles. The molecular weight excluding hydrogens is 242 g/mol. The molecule has 0 aromatic rings. The van der Waals surface area contributed by atoms with Gasteiger partial charge in [-0.2, -0.15) is 0 Å². The van der Waals surface area contributed by atoms with Crippen LogP contribution in [0.1, 0.15) is 52.4 Å². The van der Waals surface area contributed by atoms with E-state index in [1.165, 1.54) is 0 Å². The van der Waals surface area contributed by atoms with Crippen molar-refractivity contribution in [2.24, 2.45) is 23.3 Å². The lowest BCUT2D eigenvalue weighted by atomic mass is 9.80. The molecule has 0 saturated heterocycles. The van der Waals surface area contributed by atoms with Gasteiger partial charge in [0.1, 0.15) is 0 Å². The van der Waals surface area contributed by atoms with Crippen molar-refractivity contribution in [3.8, 4) is 0 Å². The number of nitrogens with one attached hydrogen (secondary N) is 1. The van der Waals surface area contributed by atoms with Gasteiger partial charge in [0.25, 0.3) is 0 Å². The predicted molar refractivity (Wildman–Crippen MR) is 75.2 cm³/mol. The summed E-state index contributed by atoms with van der Waals surface area (Å²) < 4.78 is 0. The van der Waals surface area contributed by atoms with Gasteiger partial charge in [-0.1, -0.05) is 0 Å². The largest absolute Gasteiger partial charge is 0.370 e. The van der Waals surface area contributed by atoms with Crippen molar-refractivity contribution in [3.05, 3.63) is 0 Å². The Bertz CT molecular complexity index is 321. The van der Waals surface area contributed by atoms with Crippen molar-refractivity contribution in [1.82, 2.24) is 5.32 Å². The van der Waals surface area contributed by atoms with Gasteiger partial charge in [0.2, 0.25) is 11.8 Å². The third-order valence-electron chi connectivity index (χ3n) is 3.87. The molecule has 110 valence electrons. The molecule has 0 unspecified atom stereocenters. The molecule has 1 aliphatic carbocycles. The summed E-state index contributed by atoms with van der Waals surface area (Å²) in [5.74, 6) is 0.703. The average molecular weight is 269 g/mol. The summed E-state index contributed by atoms with van der Waals surface area (Å²) >= 11 is 0. The van der Waals surface area contributed by atoms with Crippen LogP contribution in [-0.2, 0) is 9.59 Å². The van der Waals surface area contributed by atoms with Crippen LogP contribution in [0.5, 0.6) is 0 Å². The third-order valence-corrected chi connectivity index (χ3v) is 3.87. The molecule has 1 fully saturated rings. The van der Waals surface area contributed by atoms with Crippen molar-refractivity contribution in [1.29, 1.82) is 0 Å². The summed E-state index contributed by atoms with van der Waals surface area (Å²) in [6.07, 6.45) is 5.10. The van der Waals surface area contributed by atoms with E-state index in [0.29, 0.717) is 18.3 Å². The zero-order valence-corrected chi connectivity index (χ0v) is 12.1. The summed E-state index contributed by atoms with van der Waals surface area (Å²) in [4.78, 5) is 22.9. The number of hydrogen-bond acceptors (Lipinski definition) is 3. The SMILES string of the molecule is CC(C)(CC(N)=O)NC(=O)CC1CCC(CN)CC1. The number of carbonyl (C=O) groups excluding carboxylic acids is 2. The first-order chi connectivity index (χ1) is 8.82. The standard InChI is InChI=1S/C14H27N3O2/c1-14(2,8-12(16)18)17-13(19)7-10-3-5-11(9-15)6-4-10/h10-11H,3-9,15H2,1-2H3,(H2,16,18)(H,17,19). The summed E-state index contributed by atoms with van der Waals surface area (Å²) in [7, 11) is 0. The number of amides is 2. The normalized spacial score (nSPS) is 23.9. The topological polar surface area (TPSA) is 98.2 Å². The molecule has 19 heavy (non-hydrogen) atoms. The molecule has 0 aliphatic heterocycles. The monoisotopic (exact) mass is 269 g/mol. The minimum Gasteiger partial charge on any atom is -0.370 e.